The number of hydrogen-bond donors (Lipinski definition) is 1. The first-order chi connectivity index (χ1) is 11.0. The molecule has 5 heteroatoms. The molecular weight excluding hydrogens is 292 g/mol. The van der Waals surface area contributed by atoms with Crippen molar-refractivity contribution in [1.29, 1.82) is 0 Å². The number of aromatic nitrogens is 2. The zero-order valence-electron chi connectivity index (χ0n) is 13.5. The van der Waals surface area contributed by atoms with Crippen LogP contribution in [0.3, 0.4) is 0 Å². The van der Waals surface area contributed by atoms with Crippen molar-refractivity contribution in [2.75, 3.05) is 0 Å². The maximum Gasteiger partial charge on any atom is 0.332 e. The largest absolute Gasteiger partial charge is 0.481 e. The van der Waals surface area contributed by atoms with E-state index >= 15 is 0 Å². The van der Waals surface area contributed by atoms with Crippen LogP contribution in [0, 0.1) is 5.92 Å². The minimum atomic E-state index is -0.788. The van der Waals surface area contributed by atoms with Gasteiger partial charge < -0.3 is 5.11 Å². The van der Waals surface area contributed by atoms with Crippen molar-refractivity contribution < 1.29 is 9.90 Å². The molecule has 0 saturated heterocycles. The molecule has 1 atom stereocenters. The van der Waals surface area contributed by atoms with E-state index in [4.69, 9.17) is 0 Å². The van der Waals surface area contributed by atoms with Crippen molar-refractivity contribution in [2.45, 2.75) is 45.1 Å². The topological polar surface area (TPSA) is 64.2 Å². The van der Waals surface area contributed by atoms with Crippen LogP contribution in [0.2, 0.25) is 0 Å². The zero-order valence-corrected chi connectivity index (χ0v) is 13.5. The van der Waals surface area contributed by atoms with Crippen molar-refractivity contribution in [3.05, 3.63) is 52.7 Å². The lowest BCUT2D eigenvalue weighted by Crippen LogP contribution is -2.25. The highest BCUT2D eigenvalue weighted by molar-refractivity contribution is 5.68. The Labute approximate surface area is 135 Å². The van der Waals surface area contributed by atoms with Crippen molar-refractivity contribution in [3.8, 4) is 5.69 Å². The van der Waals surface area contributed by atoms with Crippen LogP contribution in [0.4, 0.5) is 0 Å². The molecule has 122 valence electrons. The summed E-state index contributed by atoms with van der Waals surface area (Å²) in [6.07, 6.45) is 5.79. The highest BCUT2D eigenvalue weighted by Crippen LogP contribution is 2.45. The monoisotopic (exact) mass is 314 g/mol. The number of carbonyl (C=O) groups is 1. The number of nitrogens with zero attached hydrogens (tertiary/aromatic N) is 2. The van der Waals surface area contributed by atoms with Gasteiger partial charge in [0.1, 0.15) is 0 Å². The maximum atomic E-state index is 12.6. The molecular formula is C18H22N2O3. The number of benzene rings is 1. The van der Waals surface area contributed by atoms with Crippen LogP contribution in [0.1, 0.15) is 50.6 Å². The smallest absolute Gasteiger partial charge is 0.332 e. The second-order valence-corrected chi connectivity index (χ2v) is 6.55. The lowest BCUT2D eigenvalue weighted by molar-refractivity contribution is -0.137. The second-order valence-electron chi connectivity index (χ2n) is 6.55. The molecule has 0 spiro atoms. The fourth-order valence-electron chi connectivity index (χ4n) is 3.20. The minimum absolute atomic E-state index is 0.0296. The van der Waals surface area contributed by atoms with E-state index in [0.29, 0.717) is 5.92 Å². The molecule has 1 saturated carbocycles. The molecule has 23 heavy (non-hydrogen) atoms. The third kappa shape index (κ3) is 3.09. The van der Waals surface area contributed by atoms with E-state index in [9.17, 15) is 14.7 Å². The van der Waals surface area contributed by atoms with Crippen molar-refractivity contribution >= 4 is 5.97 Å². The lowest BCUT2D eigenvalue weighted by atomic mass is 9.89. The van der Waals surface area contributed by atoms with Crippen molar-refractivity contribution in [1.82, 2.24) is 9.13 Å². The SMILES string of the molecule is CC(C)n1ccn(-c2ccccc2C(CC(=O)O)C2CC2)c1=O. The van der Waals surface area contributed by atoms with Gasteiger partial charge in [-0.05, 0) is 50.2 Å². The summed E-state index contributed by atoms with van der Waals surface area (Å²) in [5.74, 6) is -0.406. The Morgan fingerprint density at radius 2 is 1.96 bits per heavy atom. The van der Waals surface area contributed by atoms with Gasteiger partial charge in [-0.25, -0.2) is 4.79 Å². The molecule has 0 amide bonds. The van der Waals surface area contributed by atoms with Crippen LogP contribution >= 0.6 is 0 Å². The van der Waals surface area contributed by atoms with Gasteiger partial charge in [-0.2, -0.15) is 0 Å². The van der Waals surface area contributed by atoms with Gasteiger partial charge in [0.2, 0.25) is 0 Å². The first-order valence-corrected chi connectivity index (χ1v) is 8.09. The van der Waals surface area contributed by atoms with E-state index < -0.39 is 5.97 Å². The fraction of sp³-hybridized carbons (Fsp3) is 0.444. The third-order valence-electron chi connectivity index (χ3n) is 4.54. The Hall–Kier alpha value is -2.30. The van der Waals surface area contributed by atoms with Crippen LogP contribution in [0.5, 0.6) is 0 Å². The molecule has 1 aliphatic rings. The minimum Gasteiger partial charge on any atom is -0.481 e. The number of carboxylic acids is 1. The van der Waals surface area contributed by atoms with Crippen molar-refractivity contribution in [2.24, 2.45) is 5.92 Å². The molecule has 3 rings (SSSR count). The molecule has 1 aliphatic carbocycles. The lowest BCUT2D eigenvalue weighted by Gasteiger charge is -2.18. The van der Waals surface area contributed by atoms with Gasteiger partial charge >= 0.3 is 11.7 Å². The molecule has 0 bridgehead atoms. The van der Waals surface area contributed by atoms with E-state index in [0.717, 1.165) is 24.1 Å². The average molecular weight is 314 g/mol. The normalized spacial score (nSPS) is 15.8. The zero-order chi connectivity index (χ0) is 16.6. The van der Waals surface area contributed by atoms with Gasteiger partial charge in [0, 0.05) is 18.4 Å². The summed E-state index contributed by atoms with van der Waals surface area (Å²) < 4.78 is 3.31. The highest BCUT2D eigenvalue weighted by Gasteiger charge is 2.35. The Morgan fingerprint density at radius 1 is 1.26 bits per heavy atom. The molecule has 1 heterocycles. The quantitative estimate of drug-likeness (QED) is 0.890. The van der Waals surface area contributed by atoms with E-state index in [1.54, 1.807) is 21.5 Å². The number of imidazole rings is 1. The third-order valence-corrected chi connectivity index (χ3v) is 4.54. The maximum absolute atomic E-state index is 12.6. The molecule has 2 aromatic rings. The molecule has 1 aromatic carbocycles. The van der Waals surface area contributed by atoms with E-state index in [-0.39, 0.29) is 24.1 Å². The van der Waals surface area contributed by atoms with E-state index in [1.807, 2.05) is 38.1 Å². The van der Waals surface area contributed by atoms with Gasteiger partial charge in [-0.15, -0.1) is 0 Å². The van der Waals surface area contributed by atoms with Gasteiger partial charge in [0.05, 0.1) is 12.1 Å². The van der Waals surface area contributed by atoms with Gasteiger partial charge in [-0.3, -0.25) is 13.9 Å². The second kappa shape index (κ2) is 6.07. The number of aliphatic carboxylic acids is 1. The number of hydrogen-bond acceptors (Lipinski definition) is 2. The Morgan fingerprint density at radius 3 is 2.52 bits per heavy atom. The summed E-state index contributed by atoms with van der Waals surface area (Å²) in [4.78, 5) is 23.9. The molecule has 0 aliphatic heterocycles. The average Bonchev–Trinajstić information content (AvgIpc) is 3.27. The van der Waals surface area contributed by atoms with Crippen LogP contribution < -0.4 is 5.69 Å². The summed E-state index contributed by atoms with van der Waals surface area (Å²) in [6, 6.07) is 7.76. The van der Waals surface area contributed by atoms with Gasteiger partial charge in [0.15, 0.2) is 0 Å². The van der Waals surface area contributed by atoms with Gasteiger partial charge in [-0.1, -0.05) is 18.2 Å². The first-order valence-electron chi connectivity index (χ1n) is 8.09. The number of rotatable bonds is 6. The van der Waals surface area contributed by atoms with Crippen LogP contribution in [0.15, 0.2) is 41.5 Å². The van der Waals surface area contributed by atoms with Crippen molar-refractivity contribution in [3.63, 3.8) is 0 Å². The van der Waals surface area contributed by atoms with Gasteiger partial charge in [0.25, 0.3) is 0 Å². The predicted octanol–water partition coefficient (Wildman–Crippen LogP) is 3.19. The number of carboxylic acid groups (broad SMARTS) is 1. The molecule has 1 unspecified atom stereocenters. The summed E-state index contributed by atoms with van der Waals surface area (Å²) >= 11 is 0. The summed E-state index contributed by atoms with van der Waals surface area (Å²) in [7, 11) is 0. The molecule has 1 aromatic heterocycles. The first kappa shape index (κ1) is 15.6. The molecule has 0 radical (unpaired) electrons. The molecule has 1 N–H and O–H groups in total. The molecule has 1 fully saturated rings. The Balaban J connectivity index is 2.07. The van der Waals surface area contributed by atoms with E-state index in [1.165, 1.54) is 0 Å². The summed E-state index contributed by atoms with van der Waals surface area (Å²) in [5, 5.41) is 9.24. The van der Waals surface area contributed by atoms with Crippen LogP contribution in [-0.2, 0) is 4.79 Å². The van der Waals surface area contributed by atoms with Crippen LogP contribution in [0.25, 0.3) is 5.69 Å². The Kier molecular flexibility index (Phi) is 4.11. The fourth-order valence-corrected chi connectivity index (χ4v) is 3.20. The number of para-hydroxylation sites is 1. The highest BCUT2D eigenvalue weighted by atomic mass is 16.4. The summed E-state index contributed by atoms with van der Waals surface area (Å²) in [5.41, 5.74) is 1.67. The van der Waals surface area contributed by atoms with E-state index in [2.05, 4.69) is 0 Å². The standard InChI is InChI=1S/C18H22N2O3/c1-12(2)19-9-10-20(18(19)23)16-6-4-3-5-14(16)15(11-17(21)22)13-7-8-13/h3-6,9-10,12-13,15H,7-8,11H2,1-2H3,(H,21,22). The predicted molar refractivity (Wildman–Crippen MR) is 88.1 cm³/mol. The Bertz CT molecular complexity index is 769. The molecule has 5 nitrogen and oxygen atoms in total. The van der Waals surface area contributed by atoms with Crippen LogP contribution in [-0.4, -0.2) is 20.2 Å². The summed E-state index contributed by atoms with van der Waals surface area (Å²) in [6.45, 7) is 3.93.